The Hall–Kier alpha value is -1.38. The lowest BCUT2D eigenvalue weighted by atomic mass is 9.87. The Balaban J connectivity index is 1.84. The third-order valence-corrected chi connectivity index (χ3v) is 3.67. The Kier molecular flexibility index (Phi) is 4.73. The molecule has 98 valence electrons. The molecule has 0 aromatic carbocycles. The van der Waals surface area contributed by atoms with Crippen LogP contribution in [0, 0.1) is 5.92 Å². The van der Waals surface area contributed by atoms with E-state index in [1.165, 1.54) is 32.1 Å². The van der Waals surface area contributed by atoms with Gasteiger partial charge in [-0.25, -0.2) is 0 Å². The highest BCUT2D eigenvalue weighted by Crippen LogP contribution is 2.26. The van der Waals surface area contributed by atoms with Crippen LogP contribution in [0.5, 0.6) is 5.75 Å². The molecule has 1 aromatic rings. The van der Waals surface area contributed by atoms with Crippen LogP contribution in [-0.2, 0) is 0 Å². The molecule has 1 fully saturated rings. The van der Waals surface area contributed by atoms with Crippen molar-refractivity contribution in [2.24, 2.45) is 5.92 Å². The molecule has 1 heterocycles. The number of aromatic nitrogens is 1. The number of carbonyl (C=O) groups is 1. The molecular weight excluding hydrogens is 226 g/mol. The second-order valence-electron chi connectivity index (χ2n) is 5.07. The van der Waals surface area contributed by atoms with Crippen LogP contribution in [0.15, 0.2) is 18.5 Å². The monoisotopic (exact) mass is 247 g/mol. The SMILES string of the molecule is CC(=O)c1cnccc1OCCC1CCCCC1. The number of nitrogens with zero attached hydrogens (tertiary/aromatic N) is 1. The number of pyridine rings is 1. The van der Waals surface area contributed by atoms with Crippen LogP contribution < -0.4 is 4.74 Å². The number of hydrogen-bond acceptors (Lipinski definition) is 3. The fraction of sp³-hybridized carbons (Fsp3) is 0.600. The fourth-order valence-electron chi connectivity index (χ4n) is 2.58. The molecule has 0 atom stereocenters. The number of hydrogen-bond donors (Lipinski definition) is 0. The van der Waals surface area contributed by atoms with Gasteiger partial charge in [-0.1, -0.05) is 32.1 Å². The van der Waals surface area contributed by atoms with Crippen LogP contribution in [0.3, 0.4) is 0 Å². The van der Waals surface area contributed by atoms with E-state index in [0.29, 0.717) is 17.9 Å². The molecule has 0 amide bonds. The minimum atomic E-state index is 0.00997. The van der Waals surface area contributed by atoms with Gasteiger partial charge in [0.15, 0.2) is 5.78 Å². The van der Waals surface area contributed by atoms with Gasteiger partial charge in [0.1, 0.15) is 5.75 Å². The minimum absolute atomic E-state index is 0.00997. The van der Waals surface area contributed by atoms with E-state index >= 15 is 0 Å². The van der Waals surface area contributed by atoms with Gasteiger partial charge in [-0.15, -0.1) is 0 Å². The van der Waals surface area contributed by atoms with Gasteiger partial charge in [0.2, 0.25) is 0 Å². The Bertz CT molecular complexity index is 397. The molecule has 0 N–H and O–H groups in total. The highest BCUT2D eigenvalue weighted by atomic mass is 16.5. The molecule has 0 saturated heterocycles. The molecule has 1 aliphatic rings. The first kappa shape index (κ1) is 13.1. The Morgan fingerprint density at radius 2 is 2.17 bits per heavy atom. The van der Waals surface area contributed by atoms with E-state index in [1.807, 2.05) is 0 Å². The van der Waals surface area contributed by atoms with Crippen LogP contribution >= 0.6 is 0 Å². The molecule has 1 saturated carbocycles. The van der Waals surface area contributed by atoms with Crippen molar-refractivity contribution in [1.29, 1.82) is 0 Å². The van der Waals surface area contributed by atoms with E-state index < -0.39 is 0 Å². The molecule has 2 rings (SSSR count). The van der Waals surface area contributed by atoms with E-state index in [2.05, 4.69) is 4.98 Å². The predicted octanol–water partition coefficient (Wildman–Crippen LogP) is 3.63. The summed E-state index contributed by atoms with van der Waals surface area (Å²) in [6, 6.07) is 1.78. The Labute approximate surface area is 109 Å². The third-order valence-electron chi connectivity index (χ3n) is 3.67. The highest BCUT2D eigenvalue weighted by molar-refractivity contribution is 5.96. The molecule has 3 heteroatoms. The topological polar surface area (TPSA) is 39.2 Å². The van der Waals surface area contributed by atoms with Crippen molar-refractivity contribution in [1.82, 2.24) is 4.98 Å². The lowest BCUT2D eigenvalue weighted by molar-refractivity contribution is 0.101. The first-order valence-corrected chi connectivity index (χ1v) is 6.85. The van der Waals surface area contributed by atoms with E-state index in [9.17, 15) is 4.79 Å². The van der Waals surface area contributed by atoms with Crippen molar-refractivity contribution < 1.29 is 9.53 Å². The number of carbonyl (C=O) groups excluding carboxylic acids is 1. The zero-order chi connectivity index (χ0) is 12.8. The van der Waals surface area contributed by atoms with Gasteiger partial charge >= 0.3 is 0 Å². The highest BCUT2D eigenvalue weighted by Gasteiger charge is 2.14. The van der Waals surface area contributed by atoms with Crippen molar-refractivity contribution in [2.45, 2.75) is 45.4 Å². The van der Waals surface area contributed by atoms with Crippen molar-refractivity contribution in [3.63, 3.8) is 0 Å². The summed E-state index contributed by atoms with van der Waals surface area (Å²) in [5.74, 6) is 1.49. The molecule has 3 nitrogen and oxygen atoms in total. The van der Waals surface area contributed by atoms with E-state index in [1.54, 1.807) is 25.4 Å². The number of rotatable bonds is 5. The molecule has 1 aliphatic carbocycles. The quantitative estimate of drug-likeness (QED) is 0.746. The zero-order valence-corrected chi connectivity index (χ0v) is 11.0. The Morgan fingerprint density at radius 1 is 1.39 bits per heavy atom. The lowest BCUT2D eigenvalue weighted by Gasteiger charge is -2.21. The molecule has 18 heavy (non-hydrogen) atoms. The molecule has 0 spiro atoms. The summed E-state index contributed by atoms with van der Waals surface area (Å²) in [7, 11) is 0. The van der Waals surface area contributed by atoms with Crippen LogP contribution in [0.4, 0.5) is 0 Å². The van der Waals surface area contributed by atoms with Gasteiger partial charge in [-0.3, -0.25) is 9.78 Å². The van der Waals surface area contributed by atoms with Gasteiger partial charge in [-0.2, -0.15) is 0 Å². The summed E-state index contributed by atoms with van der Waals surface area (Å²) < 4.78 is 5.74. The van der Waals surface area contributed by atoms with Crippen molar-refractivity contribution in [2.75, 3.05) is 6.61 Å². The van der Waals surface area contributed by atoms with Gasteiger partial charge in [-0.05, 0) is 25.3 Å². The summed E-state index contributed by atoms with van der Waals surface area (Å²) in [6.45, 7) is 2.25. The second-order valence-corrected chi connectivity index (χ2v) is 5.07. The average Bonchev–Trinajstić information content (AvgIpc) is 2.40. The largest absolute Gasteiger partial charge is 0.493 e. The van der Waals surface area contributed by atoms with Gasteiger partial charge in [0.05, 0.1) is 12.2 Å². The number of ether oxygens (including phenoxy) is 1. The first-order valence-electron chi connectivity index (χ1n) is 6.85. The van der Waals surface area contributed by atoms with Gasteiger partial charge in [0, 0.05) is 12.4 Å². The number of Topliss-reactive ketones (excluding diaryl/α,β-unsaturated/α-hetero) is 1. The van der Waals surface area contributed by atoms with Crippen molar-refractivity contribution >= 4 is 5.78 Å². The molecule has 1 aromatic heterocycles. The third kappa shape index (κ3) is 3.56. The number of ketones is 1. The normalized spacial score (nSPS) is 16.5. The maximum atomic E-state index is 11.4. The first-order chi connectivity index (χ1) is 8.77. The second kappa shape index (κ2) is 6.53. The molecular formula is C15H21NO2. The van der Waals surface area contributed by atoms with Gasteiger partial charge < -0.3 is 4.74 Å². The maximum absolute atomic E-state index is 11.4. The predicted molar refractivity (Wildman–Crippen MR) is 70.9 cm³/mol. The summed E-state index contributed by atoms with van der Waals surface area (Å²) in [5.41, 5.74) is 0.584. The molecule has 0 unspecified atom stereocenters. The van der Waals surface area contributed by atoms with Crippen molar-refractivity contribution in [3.05, 3.63) is 24.0 Å². The maximum Gasteiger partial charge on any atom is 0.165 e. The van der Waals surface area contributed by atoms with E-state index in [0.717, 1.165) is 12.3 Å². The average molecular weight is 247 g/mol. The van der Waals surface area contributed by atoms with Gasteiger partial charge in [0.25, 0.3) is 0 Å². The van der Waals surface area contributed by atoms with Crippen molar-refractivity contribution in [3.8, 4) is 5.75 Å². The van der Waals surface area contributed by atoms with Crippen LogP contribution in [0.25, 0.3) is 0 Å². The zero-order valence-electron chi connectivity index (χ0n) is 11.0. The molecule has 0 bridgehead atoms. The summed E-state index contributed by atoms with van der Waals surface area (Å²) >= 11 is 0. The lowest BCUT2D eigenvalue weighted by Crippen LogP contribution is -2.11. The smallest absolute Gasteiger partial charge is 0.165 e. The summed E-state index contributed by atoms with van der Waals surface area (Å²) in [4.78, 5) is 15.4. The van der Waals surface area contributed by atoms with Crippen LogP contribution in [0.2, 0.25) is 0 Å². The minimum Gasteiger partial charge on any atom is -0.493 e. The van der Waals surface area contributed by atoms with E-state index in [4.69, 9.17) is 4.74 Å². The summed E-state index contributed by atoms with van der Waals surface area (Å²) in [6.07, 6.45) is 11.1. The van der Waals surface area contributed by atoms with Crippen LogP contribution in [-0.4, -0.2) is 17.4 Å². The standard InChI is InChI=1S/C15H21NO2/c1-12(17)14-11-16-9-7-15(14)18-10-8-13-5-3-2-4-6-13/h7,9,11,13H,2-6,8,10H2,1H3. The van der Waals surface area contributed by atoms with E-state index in [-0.39, 0.29) is 5.78 Å². The molecule has 0 aliphatic heterocycles. The fourth-order valence-corrected chi connectivity index (χ4v) is 2.58. The Morgan fingerprint density at radius 3 is 2.89 bits per heavy atom. The van der Waals surface area contributed by atoms with Crippen LogP contribution in [0.1, 0.15) is 55.8 Å². The molecule has 0 radical (unpaired) electrons. The summed E-state index contributed by atoms with van der Waals surface area (Å²) in [5, 5.41) is 0.